The van der Waals surface area contributed by atoms with Crippen LogP contribution >= 0.6 is 23.4 Å². The Kier molecular flexibility index (Phi) is 6.63. The van der Waals surface area contributed by atoms with Gasteiger partial charge in [-0.1, -0.05) is 35.5 Å². The van der Waals surface area contributed by atoms with Crippen molar-refractivity contribution in [3.05, 3.63) is 51.8 Å². The molecule has 0 radical (unpaired) electrons. The number of thioether (sulfide) groups is 1. The van der Waals surface area contributed by atoms with Crippen LogP contribution in [0.1, 0.15) is 41.9 Å². The lowest BCUT2D eigenvalue weighted by Crippen LogP contribution is -2.27. The number of aryl methyl sites for hydroxylation is 2. The molecule has 0 aliphatic heterocycles. The van der Waals surface area contributed by atoms with Crippen LogP contribution in [0.2, 0.25) is 5.02 Å². The molecular weight excluding hydrogens is 342 g/mol. The third kappa shape index (κ3) is 4.95. The van der Waals surface area contributed by atoms with E-state index >= 15 is 0 Å². The molecule has 0 aliphatic rings. The average molecular weight is 364 g/mol. The summed E-state index contributed by atoms with van der Waals surface area (Å²) in [5, 5.41) is 4.48. The van der Waals surface area contributed by atoms with Crippen molar-refractivity contribution in [2.75, 3.05) is 6.26 Å². The van der Waals surface area contributed by atoms with Crippen molar-refractivity contribution in [2.24, 2.45) is 0 Å². The van der Waals surface area contributed by atoms with E-state index in [1.54, 1.807) is 0 Å². The monoisotopic (exact) mass is 363 g/mol. The fraction of sp³-hybridized carbons (Fsp3) is 0.389. The predicted molar refractivity (Wildman–Crippen MR) is 99.6 cm³/mol. The number of amides is 1. The van der Waals surface area contributed by atoms with Crippen LogP contribution in [0.5, 0.6) is 0 Å². The topological polar surface area (TPSA) is 54.9 Å². The number of rotatable bonds is 6. The van der Waals surface area contributed by atoms with Gasteiger partial charge in [0.1, 0.15) is 0 Å². The molecule has 0 fully saturated rings. The Bertz CT molecular complexity index is 696. The summed E-state index contributed by atoms with van der Waals surface area (Å²) in [5.74, 6) is 0.0187. The largest absolute Gasteiger partial charge is 0.350 e. The van der Waals surface area contributed by atoms with Crippen molar-refractivity contribution >= 4 is 29.3 Å². The highest BCUT2D eigenvalue weighted by Gasteiger charge is 2.13. The Morgan fingerprint density at radius 2 is 1.79 bits per heavy atom. The molecule has 0 aliphatic carbocycles. The van der Waals surface area contributed by atoms with Crippen molar-refractivity contribution in [1.29, 1.82) is 0 Å². The third-order valence-corrected chi connectivity index (χ3v) is 4.73. The molecule has 1 amide bonds. The number of nitrogens with one attached hydrogen (secondary N) is 1. The number of nitrogens with zero attached hydrogens (tertiary/aromatic N) is 2. The molecule has 128 valence electrons. The van der Waals surface area contributed by atoms with Crippen molar-refractivity contribution in [3.8, 4) is 0 Å². The van der Waals surface area contributed by atoms with Gasteiger partial charge in [0.25, 0.3) is 0 Å². The smallest absolute Gasteiger partial charge is 0.220 e. The van der Waals surface area contributed by atoms with Crippen molar-refractivity contribution in [1.82, 2.24) is 15.3 Å². The van der Waals surface area contributed by atoms with Crippen molar-refractivity contribution in [2.45, 2.75) is 44.8 Å². The second-order valence-electron chi connectivity index (χ2n) is 5.70. The van der Waals surface area contributed by atoms with E-state index in [0.717, 1.165) is 27.7 Å². The summed E-state index contributed by atoms with van der Waals surface area (Å²) in [6.07, 6.45) is 3.02. The summed E-state index contributed by atoms with van der Waals surface area (Å²) >= 11 is 7.42. The quantitative estimate of drug-likeness (QED) is 0.614. The van der Waals surface area contributed by atoms with Crippen LogP contribution in [0.4, 0.5) is 0 Å². The molecule has 0 saturated heterocycles. The summed E-state index contributed by atoms with van der Waals surface area (Å²) < 4.78 is 0. The van der Waals surface area contributed by atoms with Gasteiger partial charge < -0.3 is 5.32 Å². The first-order valence-corrected chi connectivity index (χ1v) is 9.44. The number of carbonyl (C=O) groups excluding carboxylic acids is 1. The lowest BCUT2D eigenvalue weighted by molar-refractivity contribution is -0.121. The lowest BCUT2D eigenvalue weighted by atomic mass is 10.1. The average Bonchev–Trinajstić information content (AvgIpc) is 2.54. The number of hydrogen-bond donors (Lipinski definition) is 1. The molecule has 0 spiro atoms. The Morgan fingerprint density at radius 3 is 2.33 bits per heavy atom. The summed E-state index contributed by atoms with van der Waals surface area (Å²) in [7, 11) is 0. The van der Waals surface area contributed by atoms with E-state index in [2.05, 4.69) is 15.3 Å². The Balaban J connectivity index is 1.95. The van der Waals surface area contributed by atoms with Gasteiger partial charge in [-0.25, -0.2) is 9.97 Å². The van der Waals surface area contributed by atoms with Gasteiger partial charge in [0, 0.05) is 22.8 Å². The van der Waals surface area contributed by atoms with Crippen LogP contribution in [0.3, 0.4) is 0 Å². The number of aromatic nitrogens is 2. The summed E-state index contributed by atoms with van der Waals surface area (Å²) in [6, 6.07) is 7.47. The SMILES string of the molecule is CSc1nc(C)c(CCC(=O)N[C@H](C)c2ccc(Cl)cc2)c(C)n1. The van der Waals surface area contributed by atoms with E-state index in [9.17, 15) is 4.79 Å². The van der Waals surface area contributed by atoms with Crippen LogP contribution < -0.4 is 5.32 Å². The van der Waals surface area contributed by atoms with E-state index in [1.165, 1.54) is 11.8 Å². The molecule has 1 aromatic heterocycles. The number of hydrogen-bond acceptors (Lipinski definition) is 4. The van der Waals surface area contributed by atoms with Crippen LogP contribution in [-0.2, 0) is 11.2 Å². The zero-order chi connectivity index (χ0) is 17.7. The van der Waals surface area contributed by atoms with E-state index in [-0.39, 0.29) is 11.9 Å². The fourth-order valence-electron chi connectivity index (χ4n) is 2.55. The van der Waals surface area contributed by atoms with Crippen LogP contribution in [0.25, 0.3) is 0 Å². The normalized spacial score (nSPS) is 12.0. The molecule has 2 rings (SSSR count). The second kappa shape index (κ2) is 8.49. The summed E-state index contributed by atoms with van der Waals surface area (Å²) in [4.78, 5) is 21.1. The van der Waals surface area contributed by atoms with Crippen LogP contribution in [0, 0.1) is 13.8 Å². The minimum atomic E-state index is -0.0490. The Hall–Kier alpha value is -1.59. The molecule has 1 atom stereocenters. The highest BCUT2D eigenvalue weighted by molar-refractivity contribution is 7.98. The number of halogens is 1. The molecule has 0 saturated carbocycles. The summed E-state index contributed by atoms with van der Waals surface area (Å²) in [5.41, 5.74) is 3.99. The molecule has 1 aromatic carbocycles. The van der Waals surface area contributed by atoms with Gasteiger partial charge in [0.15, 0.2) is 5.16 Å². The third-order valence-electron chi connectivity index (χ3n) is 3.93. The highest BCUT2D eigenvalue weighted by atomic mass is 35.5. The van der Waals surface area contributed by atoms with Gasteiger partial charge in [0.05, 0.1) is 6.04 Å². The minimum absolute atomic E-state index is 0.0187. The maximum Gasteiger partial charge on any atom is 0.220 e. The van der Waals surface area contributed by atoms with Gasteiger partial charge in [-0.3, -0.25) is 4.79 Å². The Morgan fingerprint density at radius 1 is 1.21 bits per heavy atom. The fourth-order valence-corrected chi connectivity index (χ4v) is 3.13. The highest BCUT2D eigenvalue weighted by Crippen LogP contribution is 2.18. The zero-order valence-electron chi connectivity index (χ0n) is 14.4. The minimum Gasteiger partial charge on any atom is -0.350 e. The molecule has 24 heavy (non-hydrogen) atoms. The number of benzene rings is 1. The van der Waals surface area contributed by atoms with Crippen molar-refractivity contribution < 1.29 is 4.79 Å². The molecule has 1 N–H and O–H groups in total. The van der Waals surface area contributed by atoms with Gasteiger partial charge in [0.2, 0.25) is 5.91 Å². The molecule has 0 unspecified atom stereocenters. The molecule has 6 heteroatoms. The molecule has 2 aromatic rings. The second-order valence-corrected chi connectivity index (χ2v) is 6.91. The number of carbonyl (C=O) groups is 1. The van der Waals surface area contributed by atoms with E-state index in [0.29, 0.717) is 17.9 Å². The maximum absolute atomic E-state index is 12.2. The molecular formula is C18H22ClN3OS. The predicted octanol–water partition coefficient (Wildman–Crippen LogP) is 4.28. The maximum atomic E-state index is 12.2. The molecule has 1 heterocycles. The molecule has 0 bridgehead atoms. The first kappa shape index (κ1) is 18.7. The zero-order valence-corrected chi connectivity index (χ0v) is 16.0. The van der Waals surface area contributed by atoms with E-state index < -0.39 is 0 Å². The molecule has 4 nitrogen and oxygen atoms in total. The van der Waals surface area contributed by atoms with E-state index in [4.69, 9.17) is 11.6 Å². The van der Waals surface area contributed by atoms with Crippen LogP contribution in [0.15, 0.2) is 29.4 Å². The van der Waals surface area contributed by atoms with Gasteiger partial charge in [-0.05, 0) is 56.7 Å². The first-order valence-electron chi connectivity index (χ1n) is 7.83. The summed E-state index contributed by atoms with van der Waals surface area (Å²) in [6.45, 7) is 5.91. The standard InChI is InChI=1S/C18H22ClN3OS/c1-11(14-5-7-15(19)8-6-14)20-17(23)10-9-16-12(2)21-18(24-4)22-13(16)3/h5-8,11H,9-10H2,1-4H3,(H,20,23)/t11-/m1/s1. The Labute approximate surface area is 152 Å². The van der Waals surface area contributed by atoms with Crippen LogP contribution in [-0.4, -0.2) is 22.1 Å². The lowest BCUT2D eigenvalue weighted by Gasteiger charge is -2.15. The van der Waals surface area contributed by atoms with Gasteiger partial charge in [-0.15, -0.1) is 0 Å². The van der Waals surface area contributed by atoms with Gasteiger partial charge in [-0.2, -0.15) is 0 Å². The van der Waals surface area contributed by atoms with Gasteiger partial charge >= 0.3 is 0 Å². The first-order chi connectivity index (χ1) is 11.4. The van der Waals surface area contributed by atoms with Crippen molar-refractivity contribution in [3.63, 3.8) is 0 Å². The van der Waals surface area contributed by atoms with E-state index in [1.807, 2.05) is 51.3 Å².